The molecule has 0 spiro atoms. The number of aromatic nitrogens is 3. The van der Waals surface area contributed by atoms with Gasteiger partial charge in [0, 0.05) is 0 Å². The quantitative estimate of drug-likeness (QED) is 0.720. The van der Waals surface area contributed by atoms with Crippen LogP contribution in [0.15, 0.2) is 12.1 Å². The third kappa shape index (κ3) is 1.64. The Balaban J connectivity index is 2.74. The topological polar surface area (TPSA) is 56.5 Å². The maximum absolute atomic E-state index is 11.3. The van der Waals surface area contributed by atoms with Crippen LogP contribution in [0.25, 0.3) is 5.52 Å². The number of hydrogen-bond donors (Lipinski definition) is 0. The fourth-order valence-electron chi connectivity index (χ4n) is 1.19. The lowest BCUT2D eigenvalue weighted by molar-refractivity contribution is 0.0591. The summed E-state index contributed by atoms with van der Waals surface area (Å²) in [6, 6.07) is 3.16. The Bertz CT molecular complexity index is 538. The summed E-state index contributed by atoms with van der Waals surface area (Å²) < 4.78 is 5.87. The van der Waals surface area contributed by atoms with Crippen molar-refractivity contribution < 1.29 is 9.53 Å². The van der Waals surface area contributed by atoms with E-state index in [1.807, 2.05) is 0 Å². The molecule has 0 unspecified atom stereocenters. The molecule has 0 atom stereocenters. The molecule has 0 amide bonds. The fraction of sp³-hybridized carbons (Fsp3) is 0.125. The van der Waals surface area contributed by atoms with Gasteiger partial charge in [0.1, 0.15) is 5.52 Å². The van der Waals surface area contributed by atoms with E-state index >= 15 is 0 Å². The van der Waals surface area contributed by atoms with Crippen molar-refractivity contribution in [3.63, 3.8) is 0 Å². The summed E-state index contributed by atoms with van der Waals surface area (Å²) in [5.74, 6) is -0.513. The minimum Gasteiger partial charge on any atom is -0.464 e. The lowest BCUT2D eigenvalue weighted by atomic mass is 10.4. The zero-order valence-electron chi connectivity index (χ0n) is 7.57. The molecule has 0 aliphatic rings. The van der Waals surface area contributed by atoms with Crippen molar-refractivity contribution in [2.45, 2.75) is 0 Å². The molecule has 0 N–H and O–H groups in total. The molecule has 5 nitrogen and oxygen atoms in total. The van der Waals surface area contributed by atoms with Gasteiger partial charge in [-0.05, 0) is 23.7 Å². The predicted octanol–water partition coefficient (Wildman–Crippen LogP) is 1.82. The van der Waals surface area contributed by atoms with Gasteiger partial charge in [-0.15, -0.1) is 5.10 Å². The minimum atomic E-state index is -0.513. The van der Waals surface area contributed by atoms with Crippen LogP contribution in [0.4, 0.5) is 0 Å². The van der Waals surface area contributed by atoms with Crippen molar-refractivity contribution in [2.75, 3.05) is 7.11 Å². The van der Waals surface area contributed by atoms with Crippen molar-refractivity contribution in [1.82, 2.24) is 14.6 Å². The van der Waals surface area contributed by atoms with Gasteiger partial charge in [-0.2, -0.15) is 0 Å². The Labute approximate surface area is 94.6 Å². The summed E-state index contributed by atoms with van der Waals surface area (Å²) >= 11 is 11.4. The van der Waals surface area contributed by atoms with Crippen molar-refractivity contribution >= 4 is 34.7 Å². The lowest BCUT2D eigenvalue weighted by Crippen LogP contribution is -2.08. The highest BCUT2D eigenvalue weighted by Crippen LogP contribution is 2.19. The van der Waals surface area contributed by atoms with Crippen LogP contribution in [0.5, 0.6) is 0 Å². The molecule has 0 aliphatic carbocycles. The Morgan fingerprint density at radius 1 is 1.47 bits per heavy atom. The van der Waals surface area contributed by atoms with Gasteiger partial charge in [-0.1, -0.05) is 11.6 Å². The number of carbonyl (C=O) groups excluding carboxylic acids is 1. The summed E-state index contributed by atoms with van der Waals surface area (Å²) in [4.78, 5) is 15.1. The van der Waals surface area contributed by atoms with E-state index in [1.54, 1.807) is 6.07 Å². The molecular formula is C8H5Cl2N3O2. The zero-order chi connectivity index (χ0) is 11.0. The summed E-state index contributed by atoms with van der Waals surface area (Å²) in [6.45, 7) is 0. The molecule has 0 saturated heterocycles. The molecular weight excluding hydrogens is 241 g/mol. The second-order valence-corrected chi connectivity index (χ2v) is 3.37. The number of carbonyl (C=O) groups is 1. The summed E-state index contributed by atoms with van der Waals surface area (Å²) in [6.07, 6.45) is 0. The normalized spacial score (nSPS) is 10.6. The van der Waals surface area contributed by atoms with Gasteiger partial charge in [-0.25, -0.2) is 14.3 Å². The smallest absolute Gasteiger partial charge is 0.356 e. The summed E-state index contributed by atoms with van der Waals surface area (Å²) in [5, 5.41) is 4.00. The molecule has 2 heterocycles. The van der Waals surface area contributed by atoms with Crippen LogP contribution in [0.3, 0.4) is 0 Å². The molecule has 2 rings (SSSR count). The van der Waals surface area contributed by atoms with Gasteiger partial charge >= 0.3 is 5.97 Å². The van der Waals surface area contributed by atoms with Gasteiger partial charge in [0.25, 0.3) is 0 Å². The molecule has 0 bridgehead atoms. The number of nitrogens with zero attached hydrogens (tertiary/aromatic N) is 3. The van der Waals surface area contributed by atoms with E-state index < -0.39 is 5.97 Å². The Hall–Kier alpha value is -1.33. The Kier molecular flexibility index (Phi) is 2.50. The molecule has 0 aliphatic heterocycles. The second kappa shape index (κ2) is 3.67. The molecule has 0 fully saturated rings. The highest BCUT2D eigenvalue weighted by atomic mass is 35.5. The van der Waals surface area contributed by atoms with E-state index in [9.17, 15) is 4.79 Å². The molecule has 15 heavy (non-hydrogen) atoms. The lowest BCUT2D eigenvalue weighted by Gasteiger charge is -2.00. The van der Waals surface area contributed by atoms with Gasteiger partial charge in [0.2, 0.25) is 5.28 Å². The fourth-order valence-corrected chi connectivity index (χ4v) is 1.62. The van der Waals surface area contributed by atoms with Crippen LogP contribution in [0, 0.1) is 0 Å². The number of fused-ring (bicyclic) bond motifs is 1. The third-order valence-electron chi connectivity index (χ3n) is 1.83. The SMILES string of the molecule is COC(=O)c1ccc2c(Cl)nc(Cl)nn12. The van der Waals surface area contributed by atoms with Crippen LogP contribution >= 0.6 is 23.2 Å². The first-order valence-corrected chi connectivity index (χ1v) is 4.68. The van der Waals surface area contributed by atoms with E-state index in [0.29, 0.717) is 5.52 Å². The van der Waals surface area contributed by atoms with Gasteiger partial charge in [0.05, 0.1) is 7.11 Å². The van der Waals surface area contributed by atoms with Crippen molar-refractivity contribution in [3.8, 4) is 0 Å². The van der Waals surface area contributed by atoms with Gasteiger partial charge in [-0.3, -0.25) is 0 Å². The zero-order valence-corrected chi connectivity index (χ0v) is 9.08. The maximum atomic E-state index is 11.3. The van der Waals surface area contributed by atoms with E-state index in [1.165, 1.54) is 17.7 Å². The first-order valence-electron chi connectivity index (χ1n) is 3.92. The molecule has 78 valence electrons. The monoisotopic (exact) mass is 245 g/mol. The van der Waals surface area contributed by atoms with E-state index in [4.69, 9.17) is 23.2 Å². The molecule has 7 heteroatoms. The Morgan fingerprint density at radius 2 is 2.20 bits per heavy atom. The number of esters is 1. The van der Waals surface area contributed by atoms with Crippen LogP contribution in [0.2, 0.25) is 10.4 Å². The highest BCUT2D eigenvalue weighted by Gasteiger charge is 2.14. The third-order valence-corrected chi connectivity index (χ3v) is 2.27. The van der Waals surface area contributed by atoms with Crippen molar-refractivity contribution in [1.29, 1.82) is 0 Å². The largest absolute Gasteiger partial charge is 0.464 e. The standard InChI is InChI=1S/C8H5Cl2N3O2/c1-15-7(14)5-3-2-4-6(9)11-8(10)12-13(4)5/h2-3H,1H3. The van der Waals surface area contributed by atoms with E-state index in [2.05, 4.69) is 14.8 Å². The first kappa shape index (κ1) is 10.2. The van der Waals surface area contributed by atoms with Gasteiger partial charge < -0.3 is 4.74 Å². The maximum Gasteiger partial charge on any atom is 0.356 e. The summed E-state index contributed by atoms with van der Waals surface area (Å²) in [5.41, 5.74) is 0.750. The van der Waals surface area contributed by atoms with E-state index in [-0.39, 0.29) is 16.1 Å². The highest BCUT2D eigenvalue weighted by molar-refractivity contribution is 6.34. The molecule has 2 aromatic heterocycles. The van der Waals surface area contributed by atoms with Gasteiger partial charge in [0.15, 0.2) is 10.8 Å². The molecule has 0 saturated carbocycles. The first-order chi connectivity index (χ1) is 7.13. The van der Waals surface area contributed by atoms with E-state index in [0.717, 1.165) is 0 Å². The number of ether oxygens (including phenoxy) is 1. The van der Waals surface area contributed by atoms with Crippen LogP contribution in [0.1, 0.15) is 10.5 Å². The average molecular weight is 246 g/mol. The van der Waals surface area contributed by atoms with Crippen LogP contribution in [-0.2, 0) is 4.74 Å². The minimum absolute atomic E-state index is 0.0335. The van der Waals surface area contributed by atoms with Crippen molar-refractivity contribution in [2.24, 2.45) is 0 Å². The summed E-state index contributed by atoms with van der Waals surface area (Å²) in [7, 11) is 1.28. The van der Waals surface area contributed by atoms with Crippen molar-refractivity contribution in [3.05, 3.63) is 28.3 Å². The average Bonchev–Trinajstić information content (AvgIpc) is 2.60. The number of halogens is 2. The molecule has 0 radical (unpaired) electrons. The predicted molar refractivity (Wildman–Crippen MR) is 54.3 cm³/mol. The van der Waals surface area contributed by atoms with Crippen LogP contribution < -0.4 is 0 Å². The number of hydrogen-bond acceptors (Lipinski definition) is 4. The second-order valence-electron chi connectivity index (χ2n) is 2.68. The Morgan fingerprint density at radius 3 is 2.87 bits per heavy atom. The van der Waals surface area contributed by atoms with Crippen LogP contribution in [-0.4, -0.2) is 27.7 Å². The molecule has 2 aromatic rings. The number of methoxy groups -OCH3 is 1. The number of rotatable bonds is 1. The molecule has 0 aromatic carbocycles.